The van der Waals surface area contributed by atoms with Gasteiger partial charge < -0.3 is 19.5 Å². The zero-order chi connectivity index (χ0) is 21.8. The molecule has 1 aliphatic rings. The highest BCUT2D eigenvalue weighted by Crippen LogP contribution is 2.26. The first-order chi connectivity index (χ1) is 15.1. The average molecular weight is 422 g/mol. The molecular weight excluding hydrogens is 390 g/mol. The van der Waals surface area contributed by atoms with Crippen LogP contribution in [0.15, 0.2) is 35.3 Å². The summed E-state index contributed by atoms with van der Waals surface area (Å²) in [5, 5.41) is 4.42. The van der Waals surface area contributed by atoms with E-state index in [4.69, 9.17) is 9.72 Å². The lowest BCUT2D eigenvalue weighted by Gasteiger charge is -2.27. The minimum absolute atomic E-state index is 0.0743. The molecule has 0 spiro atoms. The molecule has 0 atom stereocenters. The molecule has 1 aliphatic heterocycles. The minimum atomic E-state index is -0.0743. The van der Waals surface area contributed by atoms with Gasteiger partial charge in [0.15, 0.2) is 5.75 Å². The number of aryl methyl sites for hydroxylation is 2. The lowest BCUT2D eigenvalue weighted by atomic mass is 10.1. The lowest BCUT2D eigenvalue weighted by molar-refractivity contribution is 0.333. The van der Waals surface area contributed by atoms with Crippen molar-refractivity contribution in [2.45, 2.75) is 53.0 Å². The highest BCUT2D eigenvalue weighted by molar-refractivity contribution is 5.85. The Morgan fingerprint density at radius 3 is 2.68 bits per heavy atom. The standard InChI is InChI=1S/C24H31N5O2/c1-4-11-29-20-10-9-19(14-18(20)15-21(23(29)30)31-5-2)26-22-17(3)16-25-24(27-22)28-12-7-6-8-13-28/h9-10,14-16H,4-8,11-13H2,1-3H3,(H,25,26,27). The molecule has 1 saturated heterocycles. The van der Waals surface area contributed by atoms with Crippen molar-refractivity contribution in [3.8, 4) is 5.75 Å². The first-order valence-electron chi connectivity index (χ1n) is 11.3. The zero-order valence-corrected chi connectivity index (χ0v) is 18.6. The maximum Gasteiger partial charge on any atom is 0.293 e. The van der Waals surface area contributed by atoms with E-state index in [0.29, 0.717) is 18.9 Å². The van der Waals surface area contributed by atoms with E-state index in [1.165, 1.54) is 19.3 Å². The smallest absolute Gasteiger partial charge is 0.293 e. The molecule has 0 amide bonds. The van der Waals surface area contributed by atoms with Crippen LogP contribution in [0, 0.1) is 6.92 Å². The van der Waals surface area contributed by atoms with E-state index in [1.54, 1.807) is 4.57 Å². The largest absolute Gasteiger partial charge is 0.488 e. The predicted octanol–water partition coefficient (Wildman–Crippen LogP) is 4.64. The van der Waals surface area contributed by atoms with E-state index in [9.17, 15) is 4.79 Å². The van der Waals surface area contributed by atoms with Crippen molar-refractivity contribution < 1.29 is 4.74 Å². The maximum atomic E-state index is 12.8. The molecule has 0 radical (unpaired) electrons. The van der Waals surface area contributed by atoms with Gasteiger partial charge in [-0.15, -0.1) is 0 Å². The Bertz CT molecular complexity index is 1120. The Balaban J connectivity index is 1.69. The van der Waals surface area contributed by atoms with Crippen LogP contribution in [0.4, 0.5) is 17.5 Å². The summed E-state index contributed by atoms with van der Waals surface area (Å²) >= 11 is 0. The number of anilines is 3. The zero-order valence-electron chi connectivity index (χ0n) is 18.6. The molecule has 3 aromatic rings. The third-order valence-corrected chi connectivity index (χ3v) is 5.67. The van der Waals surface area contributed by atoms with Crippen molar-refractivity contribution in [3.63, 3.8) is 0 Å². The van der Waals surface area contributed by atoms with E-state index < -0.39 is 0 Å². The van der Waals surface area contributed by atoms with Crippen molar-refractivity contribution in [2.24, 2.45) is 0 Å². The van der Waals surface area contributed by atoms with Gasteiger partial charge in [0.25, 0.3) is 5.56 Å². The van der Waals surface area contributed by atoms with Gasteiger partial charge in [-0.2, -0.15) is 4.98 Å². The second-order valence-electron chi connectivity index (χ2n) is 8.05. The van der Waals surface area contributed by atoms with E-state index in [-0.39, 0.29) is 5.56 Å². The Kier molecular flexibility index (Phi) is 6.39. The normalized spacial score (nSPS) is 14.1. The summed E-state index contributed by atoms with van der Waals surface area (Å²) in [4.78, 5) is 24.4. The van der Waals surface area contributed by atoms with Crippen LogP contribution >= 0.6 is 0 Å². The van der Waals surface area contributed by atoms with Crippen molar-refractivity contribution in [3.05, 3.63) is 46.4 Å². The van der Waals surface area contributed by atoms with Crippen LogP contribution in [0.2, 0.25) is 0 Å². The van der Waals surface area contributed by atoms with Crippen molar-refractivity contribution in [1.82, 2.24) is 14.5 Å². The SMILES string of the molecule is CCCn1c(=O)c(OCC)cc2cc(Nc3nc(N4CCCCC4)ncc3C)ccc21. The summed E-state index contributed by atoms with van der Waals surface area (Å²) in [5.74, 6) is 1.98. The fourth-order valence-corrected chi connectivity index (χ4v) is 4.09. The first kappa shape index (κ1) is 21.2. The van der Waals surface area contributed by atoms with Gasteiger partial charge in [0.2, 0.25) is 5.95 Å². The van der Waals surface area contributed by atoms with Gasteiger partial charge in [-0.3, -0.25) is 4.79 Å². The van der Waals surface area contributed by atoms with Gasteiger partial charge in [0.05, 0.1) is 12.1 Å². The predicted molar refractivity (Wildman–Crippen MR) is 126 cm³/mol. The molecule has 4 rings (SSSR count). The van der Waals surface area contributed by atoms with Gasteiger partial charge in [-0.05, 0) is 63.8 Å². The molecule has 1 fully saturated rings. The molecule has 7 heteroatoms. The van der Waals surface area contributed by atoms with Crippen LogP contribution in [0.3, 0.4) is 0 Å². The molecule has 1 N–H and O–H groups in total. The first-order valence-corrected chi connectivity index (χ1v) is 11.3. The number of benzene rings is 1. The summed E-state index contributed by atoms with van der Waals surface area (Å²) in [6.07, 6.45) is 6.41. The maximum absolute atomic E-state index is 12.8. The van der Waals surface area contributed by atoms with Gasteiger partial charge in [-0.1, -0.05) is 6.92 Å². The molecule has 0 aliphatic carbocycles. The van der Waals surface area contributed by atoms with Crippen LogP contribution in [-0.4, -0.2) is 34.2 Å². The van der Waals surface area contributed by atoms with Crippen molar-refractivity contribution in [1.29, 1.82) is 0 Å². The average Bonchev–Trinajstić information content (AvgIpc) is 2.79. The highest BCUT2D eigenvalue weighted by Gasteiger charge is 2.15. The van der Waals surface area contributed by atoms with Gasteiger partial charge in [0.1, 0.15) is 5.82 Å². The molecule has 31 heavy (non-hydrogen) atoms. The second kappa shape index (κ2) is 9.37. The van der Waals surface area contributed by atoms with Gasteiger partial charge >= 0.3 is 0 Å². The third kappa shape index (κ3) is 4.50. The number of piperidine rings is 1. The Morgan fingerprint density at radius 1 is 1.13 bits per heavy atom. The highest BCUT2D eigenvalue weighted by atomic mass is 16.5. The van der Waals surface area contributed by atoms with E-state index >= 15 is 0 Å². The van der Waals surface area contributed by atoms with E-state index in [2.05, 4.69) is 22.1 Å². The topological polar surface area (TPSA) is 72.3 Å². The molecule has 1 aromatic carbocycles. The summed E-state index contributed by atoms with van der Waals surface area (Å²) in [6, 6.07) is 7.87. The number of rotatable bonds is 7. The van der Waals surface area contributed by atoms with Crippen LogP contribution in [0.5, 0.6) is 5.75 Å². The van der Waals surface area contributed by atoms with Crippen molar-refractivity contribution >= 4 is 28.4 Å². The molecule has 7 nitrogen and oxygen atoms in total. The number of hydrogen-bond donors (Lipinski definition) is 1. The van der Waals surface area contributed by atoms with Gasteiger partial charge in [0, 0.05) is 42.5 Å². The molecular formula is C24H31N5O2. The summed E-state index contributed by atoms with van der Waals surface area (Å²) < 4.78 is 7.41. The lowest BCUT2D eigenvalue weighted by Crippen LogP contribution is -2.31. The number of hydrogen-bond acceptors (Lipinski definition) is 6. The molecule has 2 aromatic heterocycles. The summed E-state index contributed by atoms with van der Waals surface area (Å²) in [5.41, 5.74) is 2.75. The van der Waals surface area contributed by atoms with Crippen LogP contribution in [0.1, 0.15) is 45.1 Å². The number of ether oxygens (including phenoxy) is 1. The number of nitrogens with one attached hydrogen (secondary N) is 1. The number of aromatic nitrogens is 3. The molecule has 164 valence electrons. The molecule has 0 bridgehead atoms. The number of nitrogens with zero attached hydrogens (tertiary/aromatic N) is 4. The minimum Gasteiger partial charge on any atom is -0.488 e. The number of pyridine rings is 1. The van der Waals surface area contributed by atoms with Crippen molar-refractivity contribution in [2.75, 3.05) is 29.9 Å². The Morgan fingerprint density at radius 2 is 1.94 bits per heavy atom. The van der Waals surface area contributed by atoms with Crippen LogP contribution in [-0.2, 0) is 6.54 Å². The second-order valence-corrected chi connectivity index (χ2v) is 8.05. The number of fused-ring (bicyclic) bond motifs is 1. The van der Waals surface area contributed by atoms with Crippen LogP contribution in [0.25, 0.3) is 10.9 Å². The summed E-state index contributed by atoms with van der Waals surface area (Å²) in [6.45, 7) is 9.11. The fraction of sp³-hybridized carbons (Fsp3) is 0.458. The molecule has 0 unspecified atom stereocenters. The molecule has 3 heterocycles. The monoisotopic (exact) mass is 421 g/mol. The summed E-state index contributed by atoms with van der Waals surface area (Å²) in [7, 11) is 0. The quantitative estimate of drug-likeness (QED) is 0.599. The van der Waals surface area contributed by atoms with E-state index in [1.807, 2.05) is 44.3 Å². The molecule has 0 saturated carbocycles. The van der Waals surface area contributed by atoms with E-state index in [0.717, 1.165) is 53.4 Å². The van der Waals surface area contributed by atoms with Gasteiger partial charge in [-0.25, -0.2) is 4.98 Å². The third-order valence-electron chi connectivity index (χ3n) is 5.67. The Hall–Kier alpha value is -3.09. The fourth-order valence-electron chi connectivity index (χ4n) is 4.09. The van der Waals surface area contributed by atoms with Crippen LogP contribution < -0.4 is 20.5 Å². The Labute approximate surface area is 183 Å².